The molecule has 3 N–H and O–H groups in total. The molecule has 1 aliphatic heterocycles. The molecule has 1 atom stereocenters. The Kier molecular flexibility index (Phi) is 3.95. The van der Waals surface area contributed by atoms with Crippen LogP contribution in [-0.4, -0.2) is 44.0 Å². The molecule has 0 amide bonds. The van der Waals surface area contributed by atoms with E-state index in [4.69, 9.17) is 0 Å². The summed E-state index contributed by atoms with van der Waals surface area (Å²) in [6.07, 6.45) is 2.51. The highest BCUT2D eigenvalue weighted by atomic mass is 32.1. The van der Waals surface area contributed by atoms with E-state index in [0.717, 1.165) is 23.5 Å². The van der Waals surface area contributed by atoms with Crippen LogP contribution in [0, 0.1) is 5.82 Å². The molecule has 126 valence electrons. The van der Waals surface area contributed by atoms with Gasteiger partial charge in [-0.3, -0.25) is 0 Å². The fraction of sp³-hybridized carbons (Fsp3) is 0.375. The van der Waals surface area contributed by atoms with Gasteiger partial charge in [0.05, 0.1) is 19.2 Å². The molecule has 0 radical (unpaired) electrons. The Bertz CT molecular complexity index is 857. The molecule has 3 aromatic rings. The molecule has 0 spiro atoms. The van der Waals surface area contributed by atoms with Crippen LogP contribution in [0.1, 0.15) is 29.3 Å². The summed E-state index contributed by atoms with van der Waals surface area (Å²) in [5.41, 5.74) is 0.807. The molecule has 1 fully saturated rings. The zero-order chi connectivity index (χ0) is 16.7. The van der Waals surface area contributed by atoms with Crippen LogP contribution in [0.2, 0.25) is 0 Å². The average molecular weight is 349 g/mol. The number of benzene rings is 1. The average Bonchev–Trinajstić information content (AvgIpc) is 3.14. The van der Waals surface area contributed by atoms with Gasteiger partial charge in [0, 0.05) is 18.4 Å². The number of aromatic hydroxyl groups is 1. The molecule has 1 saturated heterocycles. The fourth-order valence-electron chi connectivity index (χ4n) is 3.40. The molecule has 0 saturated carbocycles. The van der Waals surface area contributed by atoms with Gasteiger partial charge in [-0.1, -0.05) is 23.5 Å². The topological polar surface area (TPSA) is 75.1 Å². The number of hydrogen-bond donors (Lipinski definition) is 3. The van der Waals surface area contributed by atoms with Crippen LogP contribution in [0.5, 0.6) is 5.88 Å². The van der Waals surface area contributed by atoms with Crippen LogP contribution < -0.4 is 4.90 Å². The zero-order valence-corrected chi connectivity index (χ0v) is 13.7. The van der Waals surface area contributed by atoms with Crippen LogP contribution in [0.25, 0.3) is 4.96 Å². The lowest BCUT2D eigenvalue weighted by atomic mass is 9.99. The SMILES string of the molecule is Oc1c([C@H](c2cccc(F)c2)[NH+]2CCC(O)CC2)sc2ncnn12. The van der Waals surface area contributed by atoms with Crippen LogP contribution >= 0.6 is 11.3 Å². The zero-order valence-electron chi connectivity index (χ0n) is 12.9. The van der Waals surface area contributed by atoms with E-state index in [1.165, 1.54) is 39.2 Å². The first-order valence-electron chi connectivity index (χ1n) is 7.93. The van der Waals surface area contributed by atoms with E-state index < -0.39 is 0 Å². The Morgan fingerprint density at radius 1 is 1.33 bits per heavy atom. The number of aromatic nitrogens is 3. The first-order chi connectivity index (χ1) is 11.6. The lowest BCUT2D eigenvalue weighted by Gasteiger charge is -2.33. The van der Waals surface area contributed by atoms with Gasteiger partial charge in [0.1, 0.15) is 17.0 Å². The number of rotatable bonds is 3. The van der Waals surface area contributed by atoms with Crippen molar-refractivity contribution in [1.29, 1.82) is 0 Å². The number of nitrogens with one attached hydrogen (secondary N) is 1. The van der Waals surface area contributed by atoms with Gasteiger partial charge in [-0.25, -0.2) is 9.37 Å². The highest BCUT2D eigenvalue weighted by Gasteiger charge is 2.35. The second kappa shape index (κ2) is 6.12. The largest absolute Gasteiger partial charge is 0.492 e. The van der Waals surface area contributed by atoms with Crippen LogP contribution in [0.4, 0.5) is 4.39 Å². The maximum absolute atomic E-state index is 13.8. The van der Waals surface area contributed by atoms with Crippen molar-refractivity contribution in [3.63, 3.8) is 0 Å². The standard InChI is InChI=1S/C16H17FN4O2S/c17-11-3-1-2-10(8-11)13(20-6-4-12(22)5-7-20)14-15(23)21-16(24-14)18-9-19-21/h1-3,8-9,12-13,22-23H,4-7H2/p+1/t13-/m0/s1. The highest BCUT2D eigenvalue weighted by Crippen LogP contribution is 2.35. The van der Waals surface area contributed by atoms with Crippen molar-refractivity contribution in [2.24, 2.45) is 0 Å². The number of likely N-dealkylation sites (tertiary alicyclic amines) is 1. The molecule has 0 bridgehead atoms. The third-order valence-electron chi connectivity index (χ3n) is 4.59. The summed E-state index contributed by atoms with van der Waals surface area (Å²) < 4.78 is 15.2. The highest BCUT2D eigenvalue weighted by molar-refractivity contribution is 7.17. The van der Waals surface area contributed by atoms with Gasteiger partial charge in [0.25, 0.3) is 0 Å². The number of aliphatic hydroxyl groups excluding tert-OH is 1. The molecule has 3 heterocycles. The number of halogens is 1. The van der Waals surface area contributed by atoms with Crippen molar-refractivity contribution in [1.82, 2.24) is 14.6 Å². The third kappa shape index (κ3) is 2.66. The summed E-state index contributed by atoms with van der Waals surface area (Å²) in [6, 6.07) is 6.28. The monoisotopic (exact) mass is 349 g/mol. The van der Waals surface area contributed by atoms with E-state index in [-0.39, 0.29) is 23.8 Å². The van der Waals surface area contributed by atoms with Gasteiger partial charge in [-0.15, -0.1) is 0 Å². The minimum absolute atomic E-state index is 0.0559. The lowest BCUT2D eigenvalue weighted by Crippen LogP contribution is -3.13. The molecule has 1 aliphatic rings. The Labute approximate surface area is 141 Å². The molecular formula is C16H18FN4O2S+. The van der Waals surface area contributed by atoms with Crippen molar-refractivity contribution >= 4 is 16.3 Å². The summed E-state index contributed by atoms with van der Waals surface area (Å²) in [6.45, 7) is 1.52. The predicted molar refractivity (Wildman–Crippen MR) is 86.7 cm³/mol. The van der Waals surface area contributed by atoms with Gasteiger partial charge in [0.2, 0.25) is 10.8 Å². The number of thiazole rings is 1. The quantitative estimate of drug-likeness (QED) is 0.653. The van der Waals surface area contributed by atoms with Gasteiger partial charge in [-0.2, -0.15) is 9.61 Å². The Balaban J connectivity index is 1.80. The molecular weight excluding hydrogens is 331 g/mol. The number of hydrogen-bond acceptors (Lipinski definition) is 5. The van der Waals surface area contributed by atoms with Crippen molar-refractivity contribution in [3.05, 3.63) is 46.9 Å². The van der Waals surface area contributed by atoms with Crippen LogP contribution in [-0.2, 0) is 0 Å². The van der Waals surface area contributed by atoms with Gasteiger partial charge >= 0.3 is 0 Å². The number of piperidine rings is 1. The van der Waals surface area contributed by atoms with Crippen molar-refractivity contribution in [3.8, 4) is 5.88 Å². The summed E-state index contributed by atoms with van der Waals surface area (Å²) in [5.74, 6) is -0.242. The van der Waals surface area contributed by atoms with Crippen molar-refractivity contribution in [2.45, 2.75) is 25.0 Å². The Hall–Kier alpha value is -2.03. The van der Waals surface area contributed by atoms with Gasteiger partial charge in [-0.05, 0) is 12.1 Å². The Morgan fingerprint density at radius 2 is 2.12 bits per heavy atom. The minimum Gasteiger partial charge on any atom is -0.492 e. The summed E-state index contributed by atoms with van der Waals surface area (Å²) in [7, 11) is 0. The molecule has 4 rings (SSSR count). The van der Waals surface area contributed by atoms with E-state index in [0.29, 0.717) is 17.8 Å². The molecule has 0 unspecified atom stereocenters. The molecule has 2 aromatic heterocycles. The van der Waals surface area contributed by atoms with Crippen molar-refractivity contribution < 1.29 is 19.5 Å². The Morgan fingerprint density at radius 3 is 2.83 bits per heavy atom. The van der Waals surface area contributed by atoms with E-state index in [1.54, 1.807) is 6.07 Å². The number of fused-ring (bicyclic) bond motifs is 1. The number of nitrogens with zero attached hydrogens (tertiary/aromatic N) is 3. The normalized spacial score (nSPS) is 22.8. The minimum atomic E-state index is -0.298. The van der Waals surface area contributed by atoms with E-state index in [1.807, 2.05) is 6.07 Å². The van der Waals surface area contributed by atoms with E-state index >= 15 is 0 Å². The molecule has 24 heavy (non-hydrogen) atoms. The van der Waals surface area contributed by atoms with E-state index in [2.05, 4.69) is 10.1 Å². The fourth-order valence-corrected chi connectivity index (χ4v) is 4.52. The summed E-state index contributed by atoms with van der Waals surface area (Å²) >= 11 is 1.37. The first-order valence-corrected chi connectivity index (χ1v) is 8.74. The molecule has 6 nitrogen and oxygen atoms in total. The number of aliphatic hydroxyl groups is 1. The molecule has 8 heteroatoms. The van der Waals surface area contributed by atoms with Crippen LogP contribution in [0.15, 0.2) is 30.6 Å². The van der Waals surface area contributed by atoms with Crippen LogP contribution in [0.3, 0.4) is 0 Å². The second-order valence-electron chi connectivity index (χ2n) is 6.12. The first kappa shape index (κ1) is 15.5. The van der Waals surface area contributed by atoms with Gasteiger partial charge in [0.15, 0.2) is 6.04 Å². The summed E-state index contributed by atoms with van der Waals surface area (Å²) in [5, 5.41) is 24.4. The maximum Gasteiger partial charge on any atom is 0.235 e. The lowest BCUT2D eigenvalue weighted by molar-refractivity contribution is -0.931. The summed E-state index contributed by atoms with van der Waals surface area (Å²) in [4.78, 5) is 6.67. The maximum atomic E-state index is 13.8. The third-order valence-corrected chi connectivity index (χ3v) is 5.69. The van der Waals surface area contributed by atoms with E-state index in [9.17, 15) is 14.6 Å². The predicted octanol–water partition coefficient (Wildman–Crippen LogP) is 0.764. The second-order valence-corrected chi connectivity index (χ2v) is 7.13. The van der Waals surface area contributed by atoms with Crippen molar-refractivity contribution in [2.75, 3.05) is 13.1 Å². The molecule has 0 aliphatic carbocycles. The number of quaternary nitrogens is 1. The smallest absolute Gasteiger partial charge is 0.235 e. The van der Waals surface area contributed by atoms with Gasteiger partial charge < -0.3 is 15.1 Å². The molecule has 1 aromatic carbocycles.